The van der Waals surface area contributed by atoms with Crippen LogP contribution in [0.1, 0.15) is 45.2 Å². The van der Waals surface area contributed by atoms with Crippen LogP contribution in [0.3, 0.4) is 0 Å². The minimum Gasteiger partial charge on any atom is -0.444 e. The Hall–Kier alpha value is -3.53. The van der Waals surface area contributed by atoms with Crippen molar-refractivity contribution in [1.82, 2.24) is 29.3 Å². The van der Waals surface area contributed by atoms with Crippen molar-refractivity contribution in [2.24, 2.45) is 0 Å². The van der Waals surface area contributed by atoms with Crippen LogP contribution in [-0.2, 0) is 4.74 Å². The highest BCUT2D eigenvalue weighted by Crippen LogP contribution is 2.36. The van der Waals surface area contributed by atoms with Crippen molar-refractivity contribution in [2.75, 3.05) is 18.8 Å². The molecule has 1 aliphatic rings. The van der Waals surface area contributed by atoms with Crippen LogP contribution >= 0.6 is 11.8 Å². The van der Waals surface area contributed by atoms with Gasteiger partial charge in [-0.1, -0.05) is 17.8 Å². The number of likely N-dealkylation sites (tertiary alicyclic amines) is 1. The SMILES string of the molecule is Cc1ccc(Sc2cc(-c3cnn(C4CCCN(C(=O)OC(C)(C)C)C4)c3)cn3ncc(N)c23)nc1. The first-order valence-electron chi connectivity index (χ1n) is 12.1. The van der Waals surface area contributed by atoms with E-state index in [1.165, 1.54) is 0 Å². The summed E-state index contributed by atoms with van der Waals surface area (Å²) >= 11 is 1.56. The molecular formula is C26H31N7O2S. The predicted molar refractivity (Wildman–Crippen MR) is 140 cm³/mol. The number of carbonyl (C=O) groups excluding carboxylic acids is 1. The van der Waals surface area contributed by atoms with Gasteiger partial charge in [-0.05, 0) is 58.2 Å². The van der Waals surface area contributed by atoms with E-state index < -0.39 is 5.60 Å². The summed E-state index contributed by atoms with van der Waals surface area (Å²) in [7, 11) is 0. The van der Waals surface area contributed by atoms with Crippen LogP contribution in [0.15, 0.2) is 59.1 Å². The summed E-state index contributed by atoms with van der Waals surface area (Å²) in [6.45, 7) is 8.95. The third kappa shape index (κ3) is 5.18. The van der Waals surface area contributed by atoms with Crippen LogP contribution in [0.25, 0.3) is 16.6 Å². The number of hydrogen-bond donors (Lipinski definition) is 1. The number of hydrogen-bond acceptors (Lipinski definition) is 7. The van der Waals surface area contributed by atoms with E-state index in [1.54, 1.807) is 22.9 Å². The van der Waals surface area contributed by atoms with Gasteiger partial charge in [0, 0.05) is 47.7 Å². The van der Waals surface area contributed by atoms with Gasteiger partial charge in [0.1, 0.15) is 16.1 Å². The molecule has 0 bridgehead atoms. The Bertz CT molecular complexity index is 1390. The number of nitrogens with zero attached hydrogens (tertiary/aromatic N) is 6. The lowest BCUT2D eigenvalue weighted by atomic mass is 10.1. The van der Waals surface area contributed by atoms with Gasteiger partial charge in [-0.25, -0.2) is 14.3 Å². The summed E-state index contributed by atoms with van der Waals surface area (Å²) in [5.74, 6) is 0. The molecule has 4 aromatic rings. The largest absolute Gasteiger partial charge is 0.444 e. The van der Waals surface area contributed by atoms with Crippen LogP contribution in [0, 0.1) is 6.92 Å². The molecule has 0 aromatic carbocycles. The summed E-state index contributed by atoms with van der Waals surface area (Å²) in [5, 5.41) is 10.00. The van der Waals surface area contributed by atoms with E-state index in [-0.39, 0.29) is 12.1 Å². The van der Waals surface area contributed by atoms with Crippen LogP contribution in [0.2, 0.25) is 0 Å². The third-order valence-electron chi connectivity index (χ3n) is 6.06. The third-order valence-corrected chi connectivity index (χ3v) is 7.04. The number of nitrogens with two attached hydrogens (primary N) is 1. The van der Waals surface area contributed by atoms with E-state index in [0.29, 0.717) is 18.8 Å². The van der Waals surface area contributed by atoms with E-state index in [2.05, 4.69) is 21.2 Å². The lowest BCUT2D eigenvalue weighted by Crippen LogP contribution is -2.43. The van der Waals surface area contributed by atoms with Gasteiger partial charge in [-0.2, -0.15) is 10.2 Å². The zero-order valence-electron chi connectivity index (χ0n) is 21.0. The average molecular weight is 506 g/mol. The second kappa shape index (κ2) is 9.50. The molecule has 0 radical (unpaired) electrons. The fourth-order valence-electron chi connectivity index (χ4n) is 4.32. The molecule has 5 heterocycles. The molecule has 0 spiro atoms. The summed E-state index contributed by atoms with van der Waals surface area (Å²) in [6, 6.07) is 6.25. The number of anilines is 1. The molecule has 36 heavy (non-hydrogen) atoms. The molecule has 1 atom stereocenters. The summed E-state index contributed by atoms with van der Waals surface area (Å²) < 4.78 is 9.35. The van der Waals surface area contributed by atoms with Gasteiger partial charge in [-0.3, -0.25) is 4.68 Å². The molecule has 1 aliphatic heterocycles. The fraction of sp³-hybridized carbons (Fsp3) is 0.385. The zero-order chi connectivity index (χ0) is 25.4. The highest BCUT2D eigenvalue weighted by atomic mass is 32.2. The van der Waals surface area contributed by atoms with Crippen molar-refractivity contribution in [3.8, 4) is 11.1 Å². The average Bonchev–Trinajstić information content (AvgIpc) is 3.47. The van der Waals surface area contributed by atoms with Crippen molar-refractivity contribution in [3.63, 3.8) is 0 Å². The van der Waals surface area contributed by atoms with Crippen molar-refractivity contribution in [1.29, 1.82) is 0 Å². The first-order chi connectivity index (χ1) is 17.2. The Balaban J connectivity index is 1.41. The molecule has 1 fully saturated rings. The molecule has 0 aliphatic carbocycles. The second-order valence-corrected chi connectivity index (χ2v) is 11.3. The molecule has 9 nitrogen and oxygen atoms in total. The Morgan fingerprint density at radius 3 is 2.72 bits per heavy atom. The Kier molecular flexibility index (Phi) is 6.38. The number of aromatic nitrogens is 5. The van der Waals surface area contributed by atoms with Crippen LogP contribution in [0.5, 0.6) is 0 Å². The number of rotatable bonds is 4. The summed E-state index contributed by atoms with van der Waals surface area (Å²) in [5.41, 5.74) is 10.3. The molecule has 188 valence electrons. The molecule has 0 saturated carbocycles. The van der Waals surface area contributed by atoms with E-state index in [1.807, 2.05) is 73.8 Å². The van der Waals surface area contributed by atoms with Crippen LogP contribution < -0.4 is 5.73 Å². The predicted octanol–water partition coefficient (Wildman–Crippen LogP) is 5.21. The highest BCUT2D eigenvalue weighted by molar-refractivity contribution is 7.99. The number of pyridine rings is 2. The number of piperidine rings is 1. The topological polar surface area (TPSA) is 104 Å². The van der Waals surface area contributed by atoms with Gasteiger partial charge in [0.15, 0.2) is 0 Å². The van der Waals surface area contributed by atoms with Gasteiger partial charge >= 0.3 is 6.09 Å². The minimum absolute atomic E-state index is 0.0923. The Morgan fingerprint density at radius 1 is 1.14 bits per heavy atom. The van der Waals surface area contributed by atoms with Crippen molar-refractivity contribution < 1.29 is 9.53 Å². The summed E-state index contributed by atoms with van der Waals surface area (Å²) in [4.78, 5) is 19.9. The normalized spacial score (nSPS) is 16.4. The van der Waals surface area contributed by atoms with Gasteiger partial charge in [0.2, 0.25) is 0 Å². The number of aryl methyl sites for hydroxylation is 1. The Labute approximate surface area is 214 Å². The van der Waals surface area contributed by atoms with Crippen LogP contribution in [-0.4, -0.2) is 54.1 Å². The smallest absolute Gasteiger partial charge is 0.410 e. The maximum atomic E-state index is 12.6. The molecule has 1 saturated heterocycles. The van der Waals surface area contributed by atoms with Crippen molar-refractivity contribution in [2.45, 2.75) is 62.1 Å². The first kappa shape index (κ1) is 24.2. The number of nitrogen functional groups attached to an aromatic ring is 1. The lowest BCUT2D eigenvalue weighted by Gasteiger charge is -2.34. The van der Waals surface area contributed by atoms with Gasteiger partial charge in [-0.15, -0.1) is 0 Å². The molecule has 1 amide bonds. The highest BCUT2D eigenvalue weighted by Gasteiger charge is 2.29. The molecule has 1 unspecified atom stereocenters. The number of fused-ring (bicyclic) bond motifs is 1. The van der Waals surface area contributed by atoms with Gasteiger partial charge in [0.05, 0.1) is 24.1 Å². The molecule has 4 aromatic heterocycles. The van der Waals surface area contributed by atoms with E-state index >= 15 is 0 Å². The van der Waals surface area contributed by atoms with Crippen molar-refractivity contribution >= 4 is 29.1 Å². The standard InChI is InChI=1S/C26H31N7O2S/c1-17-7-8-23(28-11-17)36-22-10-18(14-33-24(22)21(27)13-30-33)19-12-29-32(15-19)20-6-5-9-31(16-20)25(34)35-26(2,3)4/h7-8,10-15,20H,5-6,9,16,27H2,1-4H3. The number of amides is 1. The lowest BCUT2D eigenvalue weighted by molar-refractivity contribution is 0.0167. The van der Waals surface area contributed by atoms with E-state index in [9.17, 15) is 4.79 Å². The number of ether oxygens (including phenoxy) is 1. The van der Waals surface area contributed by atoms with E-state index in [4.69, 9.17) is 10.5 Å². The first-order valence-corrected chi connectivity index (χ1v) is 12.9. The molecular weight excluding hydrogens is 474 g/mol. The van der Waals surface area contributed by atoms with Crippen molar-refractivity contribution in [3.05, 3.63) is 54.7 Å². The Morgan fingerprint density at radius 2 is 1.97 bits per heavy atom. The minimum atomic E-state index is -0.513. The number of carbonyl (C=O) groups is 1. The summed E-state index contributed by atoms with van der Waals surface area (Å²) in [6.07, 6.45) is 11.0. The molecule has 2 N–H and O–H groups in total. The van der Waals surface area contributed by atoms with E-state index in [0.717, 1.165) is 45.0 Å². The fourth-order valence-corrected chi connectivity index (χ4v) is 5.28. The maximum absolute atomic E-state index is 12.6. The maximum Gasteiger partial charge on any atom is 0.410 e. The monoisotopic (exact) mass is 505 g/mol. The molecule has 5 rings (SSSR count). The molecule has 10 heteroatoms. The van der Waals surface area contributed by atoms with Crippen LogP contribution in [0.4, 0.5) is 10.5 Å². The van der Waals surface area contributed by atoms with Gasteiger partial charge in [0.25, 0.3) is 0 Å². The van der Waals surface area contributed by atoms with Gasteiger partial charge < -0.3 is 15.4 Å². The zero-order valence-corrected chi connectivity index (χ0v) is 21.8. The second-order valence-electron chi connectivity index (χ2n) is 10.2. The quantitative estimate of drug-likeness (QED) is 0.406.